The van der Waals surface area contributed by atoms with E-state index in [-0.39, 0.29) is 17.1 Å². The second-order valence-electron chi connectivity index (χ2n) is 5.86. The zero-order chi connectivity index (χ0) is 14.0. The summed E-state index contributed by atoms with van der Waals surface area (Å²) in [6.07, 6.45) is 2.30. The van der Waals surface area contributed by atoms with Crippen LogP contribution in [-0.4, -0.2) is 19.2 Å². The first kappa shape index (κ1) is 14.7. The van der Waals surface area contributed by atoms with E-state index in [9.17, 15) is 9.59 Å². The van der Waals surface area contributed by atoms with Crippen LogP contribution in [0.2, 0.25) is 18.1 Å². The van der Waals surface area contributed by atoms with Gasteiger partial charge in [-0.2, -0.15) is 0 Å². The van der Waals surface area contributed by atoms with E-state index in [1.807, 2.05) is 0 Å². The highest BCUT2D eigenvalue weighted by Gasteiger charge is 2.39. The minimum absolute atomic E-state index is 0.0325. The summed E-state index contributed by atoms with van der Waals surface area (Å²) in [5.41, 5.74) is -0.241. The van der Waals surface area contributed by atoms with Crippen LogP contribution in [-0.2, 0) is 11.3 Å². The first-order valence-corrected chi connectivity index (χ1v) is 8.92. The van der Waals surface area contributed by atoms with Crippen molar-refractivity contribution in [3.05, 3.63) is 28.7 Å². The van der Waals surface area contributed by atoms with E-state index in [4.69, 9.17) is 4.43 Å². The van der Waals surface area contributed by atoms with Crippen molar-refractivity contribution in [2.75, 3.05) is 0 Å². The van der Waals surface area contributed by atoms with Gasteiger partial charge in [0.25, 0.3) is 13.9 Å². The monoisotopic (exact) mass is 267 g/mol. The lowest BCUT2D eigenvalue weighted by Crippen LogP contribution is -2.45. The molecule has 1 rings (SSSR count). The molecule has 0 aliphatic carbocycles. The van der Waals surface area contributed by atoms with Crippen molar-refractivity contribution in [1.82, 2.24) is 4.57 Å². The van der Waals surface area contributed by atoms with Gasteiger partial charge in [-0.3, -0.25) is 4.79 Å². The second kappa shape index (κ2) is 5.10. The quantitative estimate of drug-likeness (QED) is 0.622. The van der Waals surface area contributed by atoms with Gasteiger partial charge in [0.05, 0.1) is 6.54 Å². The van der Waals surface area contributed by atoms with Crippen molar-refractivity contribution in [3.8, 4) is 5.75 Å². The fraction of sp³-hybridized carbons (Fsp3) is 0.538. The van der Waals surface area contributed by atoms with Crippen LogP contribution in [0.1, 0.15) is 20.8 Å². The Morgan fingerprint density at radius 1 is 1.39 bits per heavy atom. The Morgan fingerprint density at radius 3 is 2.50 bits per heavy atom. The van der Waals surface area contributed by atoms with Gasteiger partial charge in [0.2, 0.25) is 0 Å². The number of pyridine rings is 1. The number of hydrogen-bond acceptors (Lipinski definition) is 3. The summed E-state index contributed by atoms with van der Waals surface area (Å²) in [6, 6.07) is 3.40. The fourth-order valence-corrected chi connectivity index (χ4v) is 2.26. The SMILES string of the molecule is CC(C)(C)[Si](C)(C)Oc1cccn(CC=O)c1=O. The third kappa shape index (κ3) is 3.10. The van der Waals surface area contributed by atoms with E-state index >= 15 is 0 Å². The van der Waals surface area contributed by atoms with Crippen molar-refractivity contribution in [1.29, 1.82) is 0 Å². The minimum atomic E-state index is -2.02. The normalized spacial score (nSPS) is 12.3. The van der Waals surface area contributed by atoms with Gasteiger partial charge in [-0.1, -0.05) is 20.8 Å². The molecule has 0 spiro atoms. The standard InChI is InChI=1S/C13H21NO3Si/c1-13(2,3)18(4,5)17-11-7-6-8-14(9-10-15)12(11)16/h6-8,10H,9H2,1-5H3. The van der Waals surface area contributed by atoms with E-state index in [2.05, 4.69) is 33.9 Å². The Morgan fingerprint density at radius 2 is 2.00 bits per heavy atom. The lowest BCUT2D eigenvalue weighted by atomic mass is 10.2. The molecule has 0 aromatic carbocycles. The summed E-state index contributed by atoms with van der Waals surface area (Å²) >= 11 is 0. The Hall–Kier alpha value is -1.36. The Bertz CT molecular complexity index is 486. The van der Waals surface area contributed by atoms with Crippen LogP contribution in [0.25, 0.3) is 0 Å². The number of nitrogens with zero attached hydrogens (tertiary/aromatic N) is 1. The summed E-state index contributed by atoms with van der Waals surface area (Å²) in [6.45, 7) is 10.6. The lowest BCUT2D eigenvalue weighted by Gasteiger charge is -2.36. The number of aromatic nitrogens is 1. The van der Waals surface area contributed by atoms with Crippen LogP contribution in [0.3, 0.4) is 0 Å². The van der Waals surface area contributed by atoms with Crippen LogP contribution >= 0.6 is 0 Å². The molecule has 18 heavy (non-hydrogen) atoms. The average molecular weight is 267 g/mol. The number of carbonyl (C=O) groups excluding carboxylic acids is 1. The first-order valence-electron chi connectivity index (χ1n) is 6.01. The number of carbonyl (C=O) groups is 1. The van der Waals surface area contributed by atoms with Crippen LogP contribution in [0.5, 0.6) is 5.75 Å². The lowest BCUT2D eigenvalue weighted by molar-refractivity contribution is -0.108. The molecule has 1 heterocycles. The maximum absolute atomic E-state index is 12.1. The molecule has 5 heteroatoms. The molecule has 0 bridgehead atoms. The summed E-state index contributed by atoms with van der Waals surface area (Å²) in [5.74, 6) is 0.339. The third-order valence-corrected chi connectivity index (χ3v) is 7.77. The third-order valence-electron chi connectivity index (χ3n) is 3.43. The van der Waals surface area contributed by atoms with E-state index in [0.29, 0.717) is 12.0 Å². The van der Waals surface area contributed by atoms with E-state index in [1.165, 1.54) is 4.57 Å². The molecule has 0 fully saturated rings. The molecule has 1 aromatic heterocycles. The molecule has 0 aliphatic heterocycles. The van der Waals surface area contributed by atoms with Crippen molar-refractivity contribution in [2.24, 2.45) is 0 Å². The highest BCUT2D eigenvalue weighted by atomic mass is 28.4. The molecule has 0 saturated carbocycles. The highest BCUT2D eigenvalue weighted by Crippen LogP contribution is 2.36. The van der Waals surface area contributed by atoms with Crippen LogP contribution in [0.15, 0.2) is 23.1 Å². The van der Waals surface area contributed by atoms with Crippen LogP contribution in [0.4, 0.5) is 0 Å². The number of rotatable bonds is 4. The zero-order valence-electron chi connectivity index (χ0n) is 11.7. The molecule has 1 aromatic rings. The molecular formula is C13H21NO3Si. The smallest absolute Gasteiger partial charge is 0.291 e. The number of hydrogen-bond donors (Lipinski definition) is 0. The molecule has 0 N–H and O–H groups in total. The first-order chi connectivity index (χ1) is 8.19. The minimum Gasteiger partial charge on any atom is -0.540 e. The molecule has 100 valence electrons. The van der Waals surface area contributed by atoms with Gasteiger partial charge in [0, 0.05) is 6.20 Å². The van der Waals surface area contributed by atoms with Gasteiger partial charge >= 0.3 is 0 Å². The Balaban J connectivity index is 3.10. The average Bonchev–Trinajstić information content (AvgIpc) is 2.22. The molecule has 0 amide bonds. The molecule has 0 atom stereocenters. The molecule has 0 unspecified atom stereocenters. The summed E-state index contributed by atoms with van der Waals surface area (Å²) in [5, 5.41) is 0.0325. The van der Waals surface area contributed by atoms with Crippen LogP contribution in [0, 0.1) is 0 Å². The predicted octanol–water partition coefficient (Wildman–Crippen LogP) is 2.43. The molecule has 0 saturated heterocycles. The molecule has 0 radical (unpaired) electrons. The van der Waals surface area contributed by atoms with Crippen molar-refractivity contribution >= 4 is 14.6 Å². The van der Waals surface area contributed by atoms with Crippen molar-refractivity contribution in [3.63, 3.8) is 0 Å². The summed E-state index contributed by atoms with van der Waals surface area (Å²) < 4.78 is 7.33. The Kier molecular flexibility index (Phi) is 4.16. The van der Waals surface area contributed by atoms with E-state index in [0.717, 1.165) is 0 Å². The van der Waals surface area contributed by atoms with Crippen LogP contribution < -0.4 is 9.99 Å². The van der Waals surface area contributed by atoms with E-state index in [1.54, 1.807) is 18.3 Å². The van der Waals surface area contributed by atoms with Gasteiger partial charge in [-0.05, 0) is 30.3 Å². The largest absolute Gasteiger partial charge is 0.540 e. The molecule has 4 nitrogen and oxygen atoms in total. The molecular weight excluding hydrogens is 246 g/mol. The summed E-state index contributed by atoms with van der Waals surface area (Å²) in [4.78, 5) is 22.6. The van der Waals surface area contributed by atoms with Crippen molar-refractivity contribution in [2.45, 2.75) is 45.4 Å². The van der Waals surface area contributed by atoms with Gasteiger partial charge < -0.3 is 13.8 Å². The molecule has 0 aliphatic rings. The number of aldehydes is 1. The zero-order valence-corrected chi connectivity index (χ0v) is 12.7. The maximum atomic E-state index is 12.1. The Labute approximate surface area is 109 Å². The maximum Gasteiger partial charge on any atom is 0.291 e. The van der Waals surface area contributed by atoms with Crippen molar-refractivity contribution < 1.29 is 9.22 Å². The topological polar surface area (TPSA) is 48.3 Å². The van der Waals surface area contributed by atoms with Gasteiger partial charge in [-0.25, -0.2) is 0 Å². The predicted molar refractivity (Wildman–Crippen MR) is 74.6 cm³/mol. The second-order valence-corrected chi connectivity index (χ2v) is 10.6. The van der Waals surface area contributed by atoms with Gasteiger partial charge in [0.15, 0.2) is 5.75 Å². The summed E-state index contributed by atoms with van der Waals surface area (Å²) in [7, 11) is -2.02. The van der Waals surface area contributed by atoms with Gasteiger partial charge in [0.1, 0.15) is 6.29 Å². The highest BCUT2D eigenvalue weighted by molar-refractivity contribution is 6.74. The van der Waals surface area contributed by atoms with Gasteiger partial charge in [-0.15, -0.1) is 0 Å². The fourth-order valence-electron chi connectivity index (χ4n) is 1.24. The van der Waals surface area contributed by atoms with E-state index < -0.39 is 8.32 Å².